The van der Waals surface area contributed by atoms with Crippen LogP contribution in [-0.4, -0.2) is 20.0 Å². The van der Waals surface area contributed by atoms with Gasteiger partial charge in [0.05, 0.1) is 23.5 Å². The van der Waals surface area contributed by atoms with Gasteiger partial charge in [-0.1, -0.05) is 6.07 Å². The van der Waals surface area contributed by atoms with Crippen molar-refractivity contribution in [2.24, 2.45) is 0 Å². The highest BCUT2D eigenvalue weighted by Crippen LogP contribution is 2.33. The predicted octanol–water partition coefficient (Wildman–Crippen LogP) is 2.49. The van der Waals surface area contributed by atoms with E-state index in [2.05, 4.69) is 10.4 Å². The van der Waals surface area contributed by atoms with Crippen LogP contribution in [0.25, 0.3) is 0 Å². The molecule has 5 nitrogen and oxygen atoms in total. The Labute approximate surface area is 106 Å². The Hall–Kier alpha value is -2.17. The lowest BCUT2D eigenvalue weighted by molar-refractivity contribution is 0.434. The zero-order valence-corrected chi connectivity index (χ0v) is 10.5. The van der Waals surface area contributed by atoms with E-state index in [0.29, 0.717) is 5.56 Å². The Morgan fingerprint density at radius 1 is 1.33 bits per heavy atom. The van der Waals surface area contributed by atoms with Gasteiger partial charge in [0.25, 0.3) is 0 Å². The second-order valence-corrected chi connectivity index (χ2v) is 4.16. The molecular weight excluding hydrogens is 230 g/mol. The number of phenolic OH excluding ortho intramolecular Hbond substituents is 2. The van der Waals surface area contributed by atoms with Gasteiger partial charge in [-0.25, -0.2) is 0 Å². The lowest BCUT2D eigenvalue weighted by Gasteiger charge is -2.16. The third kappa shape index (κ3) is 2.40. The van der Waals surface area contributed by atoms with E-state index < -0.39 is 0 Å². The van der Waals surface area contributed by atoms with Crippen LogP contribution >= 0.6 is 0 Å². The number of rotatable bonds is 4. The molecule has 3 N–H and O–H groups in total. The number of phenols is 2. The van der Waals surface area contributed by atoms with Gasteiger partial charge in [0.15, 0.2) is 0 Å². The Bertz CT molecular complexity index is 517. The number of anilines is 1. The number of aromatic hydroxyl groups is 2. The number of hydrogen-bond donors (Lipinski definition) is 3. The molecule has 5 heteroatoms. The number of aryl methyl sites for hydroxylation is 1. The Morgan fingerprint density at radius 3 is 2.56 bits per heavy atom. The van der Waals surface area contributed by atoms with Crippen molar-refractivity contribution in [1.29, 1.82) is 0 Å². The van der Waals surface area contributed by atoms with Crippen molar-refractivity contribution in [1.82, 2.24) is 9.78 Å². The number of nitrogens with one attached hydrogen (secondary N) is 1. The first kappa shape index (κ1) is 12.3. The summed E-state index contributed by atoms with van der Waals surface area (Å²) in [7, 11) is 0. The molecule has 1 unspecified atom stereocenters. The zero-order valence-electron chi connectivity index (χ0n) is 10.5. The van der Waals surface area contributed by atoms with Gasteiger partial charge in [-0.3, -0.25) is 4.68 Å². The zero-order chi connectivity index (χ0) is 13.1. The monoisotopic (exact) mass is 247 g/mol. The normalized spacial score (nSPS) is 12.3. The molecule has 1 atom stereocenters. The summed E-state index contributed by atoms with van der Waals surface area (Å²) in [4.78, 5) is 0. The van der Waals surface area contributed by atoms with Crippen molar-refractivity contribution in [3.05, 3.63) is 36.2 Å². The number of hydrogen-bond acceptors (Lipinski definition) is 4. The van der Waals surface area contributed by atoms with Crippen LogP contribution in [0.1, 0.15) is 25.5 Å². The Balaban J connectivity index is 2.19. The van der Waals surface area contributed by atoms with Gasteiger partial charge in [-0.05, 0) is 26.0 Å². The third-order valence-corrected chi connectivity index (χ3v) is 2.83. The molecule has 0 fully saturated rings. The predicted molar refractivity (Wildman–Crippen MR) is 69.7 cm³/mol. The average Bonchev–Trinajstić information content (AvgIpc) is 2.76. The molecule has 96 valence electrons. The first-order chi connectivity index (χ1) is 8.61. The maximum absolute atomic E-state index is 9.77. The van der Waals surface area contributed by atoms with Gasteiger partial charge in [0, 0.05) is 12.7 Å². The Kier molecular flexibility index (Phi) is 3.41. The molecule has 0 saturated heterocycles. The standard InChI is InChI=1S/C13H17N3O2/c1-3-16-8-10(7-14-16)15-9(2)13-11(17)5-4-6-12(13)18/h4-9,15,17-18H,3H2,1-2H3. The minimum absolute atomic E-state index is 0.0814. The highest BCUT2D eigenvalue weighted by molar-refractivity contribution is 5.50. The molecule has 0 aliphatic rings. The van der Waals surface area contributed by atoms with Crippen molar-refractivity contribution < 1.29 is 10.2 Å². The molecular formula is C13H17N3O2. The quantitative estimate of drug-likeness (QED) is 0.776. The fraction of sp³-hybridized carbons (Fsp3) is 0.308. The minimum atomic E-state index is -0.208. The van der Waals surface area contributed by atoms with E-state index in [4.69, 9.17) is 0 Å². The van der Waals surface area contributed by atoms with Crippen LogP contribution in [0, 0.1) is 0 Å². The van der Waals surface area contributed by atoms with Crippen LogP contribution in [0.5, 0.6) is 11.5 Å². The molecule has 0 amide bonds. The van der Waals surface area contributed by atoms with Crippen LogP contribution in [0.15, 0.2) is 30.6 Å². The van der Waals surface area contributed by atoms with Gasteiger partial charge in [-0.15, -0.1) is 0 Å². The maximum atomic E-state index is 9.77. The topological polar surface area (TPSA) is 70.3 Å². The number of aromatic nitrogens is 2. The summed E-state index contributed by atoms with van der Waals surface area (Å²) < 4.78 is 1.81. The van der Waals surface area contributed by atoms with E-state index in [-0.39, 0.29) is 17.5 Å². The van der Waals surface area contributed by atoms with Crippen LogP contribution in [0.4, 0.5) is 5.69 Å². The lowest BCUT2D eigenvalue weighted by atomic mass is 10.1. The summed E-state index contributed by atoms with van der Waals surface area (Å²) in [6.07, 6.45) is 3.60. The van der Waals surface area contributed by atoms with Crippen LogP contribution in [0.3, 0.4) is 0 Å². The summed E-state index contributed by atoms with van der Waals surface area (Å²) >= 11 is 0. The van der Waals surface area contributed by atoms with E-state index in [1.807, 2.05) is 20.0 Å². The molecule has 0 saturated carbocycles. The van der Waals surface area contributed by atoms with E-state index in [1.54, 1.807) is 29.1 Å². The van der Waals surface area contributed by atoms with Gasteiger partial charge < -0.3 is 15.5 Å². The molecule has 0 bridgehead atoms. The van der Waals surface area contributed by atoms with Crippen LogP contribution in [0.2, 0.25) is 0 Å². The van der Waals surface area contributed by atoms with Gasteiger partial charge >= 0.3 is 0 Å². The van der Waals surface area contributed by atoms with E-state index in [0.717, 1.165) is 12.2 Å². The smallest absolute Gasteiger partial charge is 0.124 e. The van der Waals surface area contributed by atoms with E-state index in [1.165, 1.54) is 0 Å². The number of nitrogens with zero attached hydrogens (tertiary/aromatic N) is 2. The fourth-order valence-electron chi connectivity index (χ4n) is 1.92. The molecule has 0 aliphatic carbocycles. The largest absolute Gasteiger partial charge is 0.507 e. The van der Waals surface area contributed by atoms with Gasteiger partial charge in [0.2, 0.25) is 0 Å². The summed E-state index contributed by atoms with van der Waals surface area (Å²) in [5, 5.41) is 26.9. The lowest BCUT2D eigenvalue weighted by Crippen LogP contribution is -2.06. The molecule has 0 aliphatic heterocycles. The summed E-state index contributed by atoms with van der Waals surface area (Å²) in [5.41, 5.74) is 1.34. The third-order valence-electron chi connectivity index (χ3n) is 2.83. The summed E-state index contributed by atoms with van der Waals surface area (Å²) in [6, 6.07) is 4.52. The van der Waals surface area contributed by atoms with Crippen molar-refractivity contribution in [2.75, 3.05) is 5.32 Å². The maximum Gasteiger partial charge on any atom is 0.124 e. The van der Waals surface area contributed by atoms with Crippen molar-refractivity contribution in [3.63, 3.8) is 0 Å². The highest BCUT2D eigenvalue weighted by Gasteiger charge is 2.15. The van der Waals surface area contributed by atoms with Crippen molar-refractivity contribution >= 4 is 5.69 Å². The summed E-state index contributed by atoms with van der Waals surface area (Å²) in [5.74, 6) is 0.163. The second-order valence-electron chi connectivity index (χ2n) is 4.16. The van der Waals surface area contributed by atoms with Crippen LogP contribution < -0.4 is 5.32 Å². The molecule has 2 rings (SSSR count). The van der Waals surface area contributed by atoms with E-state index >= 15 is 0 Å². The molecule has 0 radical (unpaired) electrons. The SMILES string of the molecule is CCn1cc(NC(C)c2c(O)cccc2O)cn1. The summed E-state index contributed by atoms with van der Waals surface area (Å²) in [6.45, 7) is 4.69. The molecule has 0 spiro atoms. The Morgan fingerprint density at radius 2 is 2.00 bits per heavy atom. The fourth-order valence-corrected chi connectivity index (χ4v) is 1.92. The molecule has 18 heavy (non-hydrogen) atoms. The first-order valence-electron chi connectivity index (χ1n) is 5.91. The number of benzene rings is 1. The highest BCUT2D eigenvalue weighted by atomic mass is 16.3. The van der Waals surface area contributed by atoms with Gasteiger partial charge in [0.1, 0.15) is 11.5 Å². The van der Waals surface area contributed by atoms with Gasteiger partial charge in [-0.2, -0.15) is 5.10 Å². The minimum Gasteiger partial charge on any atom is -0.507 e. The molecule has 2 aromatic rings. The first-order valence-corrected chi connectivity index (χ1v) is 5.91. The van der Waals surface area contributed by atoms with E-state index in [9.17, 15) is 10.2 Å². The average molecular weight is 247 g/mol. The van der Waals surface area contributed by atoms with Crippen molar-refractivity contribution in [2.45, 2.75) is 26.4 Å². The van der Waals surface area contributed by atoms with Crippen LogP contribution in [-0.2, 0) is 6.54 Å². The molecule has 1 aromatic carbocycles. The molecule has 1 aromatic heterocycles. The van der Waals surface area contributed by atoms with Crippen molar-refractivity contribution in [3.8, 4) is 11.5 Å². The molecule has 1 heterocycles. The second kappa shape index (κ2) is 5.00.